The Morgan fingerprint density at radius 1 is 1.64 bits per heavy atom. The summed E-state index contributed by atoms with van der Waals surface area (Å²) in [4.78, 5) is 8.73. The van der Waals surface area contributed by atoms with E-state index in [2.05, 4.69) is 15.1 Å². The third kappa shape index (κ3) is 1.65. The van der Waals surface area contributed by atoms with Crippen molar-refractivity contribution < 1.29 is 9.63 Å². The number of aromatic nitrogens is 3. The summed E-state index contributed by atoms with van der Waals surface area (Å²) in [6.45, 7) is -0.218. The molecule has 0 aliphatic heterocycles. The Hall–Kier alpha value is -1.31. The van der Waals surface area contributed by atoms with E-state index in [-0.39, 0.29) is 12.5 Å². The third-order valence-corrected chi connectivity index (χ3v) is 2.38. The van der Waals surface area contributed by atoms with E-state index in [1.807, 2.05) is 0 Å². The largest absolute Gasteiger partial charge is 0.394 e. The third-order valence-electron chi connectivity index (χ3n) is 1.61. The molecule has 14 heavy (non-hydrogen) atoms. The van der Waals surface area contributed by atoms with Gasteiger partial charge in [0, 0.05) is 6.20 Å². The highest BCUT2D eigenvalue weighted by molar-refractivity contribution is 7.13. The molecule has 3 N–H and O–H groups in total. The van der Waals surface area contributed by atoms with Gasteiger partial charge in [-0.15, -0.1) is 11.3 Å². The molecule has 0 aliphatic carbocycles. The highest BCUT2D eigenvalue weighted by Crippen LogP contribution is 2.20. The van der Waals surface area contributed by atoms with E-state index in [0.29, 0.717) is 5.82 Å². The predicted molar refractivity (Wildman–Crippen MR) is 49.4 cm³/mol. The van der Waals surface area contributed by atoms with Gasteiger partial charge < -0.3 is 15.4 Å². The van der Waals surface area contributed by atoms with Crippen molar-refractivity contribution in [3.8, 4) is 10.7 Å². The van der Waals surface area contributed by atoms with Gasteiger partial charge in [0.15, 0.2) is 0 Å². The van der Waals surface area contributed by atoms with Crippen LogP contribution < -0.4 is 5.73 Å². The first kappa shape index (κ1) is 9.25. The highest BCUT2D eigenvalue weighted by atomic mass is 32.1. The number of aliphatic hydroxyl groups is 1. The van der Waals surface area contributed by atoms with E-state index in [9.17, 15) is 0 Å². The Labute approximate surface area is 83.4 Å². The Morgan fingerprint density at radius 2 is 2.50 bits per heavy atom. The molecule has 0 spiro atoms. The van der Waals surface area contributed by atoms with Gasteiger partial charge in [-0.05, 0) is 0 Å². The molecule has 0 amide bonds. The zero-order valence-corrected chi connectivity index (χ0v) is 7.94. The molecule has 6 nitrogen and oxygen atoms in total. The smallest absolute Gasteiger partial charge is 0.246 e. The first-order valence-electron chi connectivity index (χ1n) is 3.90. The summed E-state index contributed by atoms with van der Waals surface area (Å²) in [5.41, 5.74) is 7.18. The number of thiazole rings is 1. The van der Waals surface area contributed by atoms with Crippen molar-refractivity contribution in [2.45, 2.75) is 6.04 Å². The molecule has 1 atom stereocenters. The van der Waals surface area contributed by atoms with Crippen LogP contribution in [0.2, 0.25) is 0 Å². The summed E-state index contributed by atoms with van der Waals surface area (Å²) in [5, 5.41) is 12.5. The number of aliphatic hydroxyl groups excluding tert-OH is 1. The van der Waals surface area contributed by atoms with Crippen LogP contribution in [-0.2, 0) is 0 Å². The van der Waals surface area contributed by atoms with Gasteiger partial charge in [-0.2, -0.15) is 4.98 Å². The van der Waals surface area contributed by atoms with Crippen LogP contribution in [0.4, 0.5) is 0 Å². The molecule has 0 fully saturated rings. The number of rotatable bonds is 3. The van der Waals surface area contributed by atoms with Gasteiger partial charge in [-0.25, -0.2) is 0 Å². The second-order valence-corrected chi connectivity index (χ2v) is 3.50. The molecule has 0 saturated heterocycles. The molecule has 0 saturated carbocycles. The lowest BCUT2D eigenvalue weighted by molar-refractivity contribution is 0.237. The molecule has 2 heterocycles. The molecule has 0 radical (unpaired) electrons. The molecule has 2 aromatic rings. The molecular formula is C7H8N4O2S. The molecule has 1 unspecified atom stereocenters. The van der Waals surface area contributed by atoms with Crippen LogP contribution in [0.1, 0.15) is 11.9 Å². The van der Waals surface area contributed by atoms with Crippen LogP contribution in [0.5, 0.6) is 0 Å². The monoisotopic (exact) mass is 212 g/mol. The van der Waals surface area contributed by atoms with Crippen molar-refractivity contribution >= 4 is 11.3 Å². The highest BCUT2D eigenvalue weighted by Gasteiger charge is 2.15. The SMILES string of the molecule is NC(CO)c1nc(-c2cncs2)no1. The van der Waals surface area contributed by atoms with Crippen molar-refractivity contribution in [2.75, 3.05) is 6.61 Å². The zero-order chi connectivity index (χ0) is 9.97. The first-order chi connectivity index (χ1) is 6.81. The number of nitrogens with zero attached hydrogens (tertiary/aromatic N) is 3. The Balaban J connectivity index is 2.26. The van der Waals surface area contributed by atoms with Crippen molar-refractivity contribution in [3.63, 3.8) is 0 Å². The summed E-state index contributed by atoms with van der Waals surface area (Å²) >= 11 is 1.41. The van der Waals surface area contributed by atoms with Crippen molar-refractivity contribution in [2.24, 2.45) is 5.73 Å². The molecule has 0 aromatic carbocycles. The Morgan fingerprint density at radius 3 is 3.14 bits per heavy atom. The minimum absolute atomic E-state index is 0.218. The maximum atomic E-state index is 8.77. The van der Waals surface area contributed by atoms with Gasteiger partial charge in [0.25, 0.3) is 0 Å². The van der Waals surface area contributed by atoms with Gasteiger partial charge >= 0.3 is 0 Å². The van der Waals surface area contributed by atoms with E-state index < -0.39 is 6.04 Å². The normalized spacial score (nSPS) is 13.0. The standard InChI is InChI=1S/C7H8N4O2S/c8-4(2-12)7-10-6(11-13-7)5-1-9-3-14-5/h1,3-4,12H,2,8H2. The molecule has 0 aliphatic rings. The van der Waals surface area contributed by atoms with Crippen LogP contribution in [0.15, 0.2) is 16.2 Å². The molecule has 2 aromatic heterocycles. The van der Waals surface area contributed by atoms with Crippen LogP contribution in [0, 0.1) is 0 Å². The Bertz CT molecular complexity index is 399. The second kappa shape index (κ2) is 3.82. The fourth-order valence-corrected chi connectivity index (χ4v) is 1.44. The molecular weight excluding hydrogens is 204 g/mol. The molecule has 0 bridgehead atoms. The summed E-state index contributed by atoms with van der Waals surface area (Å²) in [5.74, 6) is 0.683. The fourth-order valence-electron chi connectivity index (χ4n) is 0.890. The minimum Gasteiger partial charge on any atom is -0.394 e. The topological polar surface area (TPSA) is 98.1 Å². The summed E-state index contributed by atoms with van der Waals surface area (Å²) in [6, 6.07) is -0.621. The quantitative estimate of drug-likeness (QED) is 0.753. The van der Waals surface area contributed by atoms with Crippen molar-refractivity contribution in [1.29, 1.82) is 0 Å². The lowest BCUT2D eigenvalue weighted by atomic mass is 10.3. The van der Waals surface area contributed by atoms with Gasteiger partial charge in [-0.1, -0.05) is 5.16 Å². The van der Waals surface area contributed by atoms with Crippen LogP contribution in [-0.4, -0.2) is 26.8 Å². The van der Waals surface area contributed by atoms with Gasteiger partial charge in [0.05, 0.1) is 17.0 Å². The van der Waals surface area contributed by atoms with Crippen molar-refractivity contribution in [3.05, 3.63) is 17.6 Å². The van der Waals surface area contributed by atoms with Crippen LogP contribution in [0.25, 0.3) is 10.7 Å². The average Bonchev–Trinajstić information content (AvgIpc) is 2.86. The van der Waals surface area contributed by atoms with E-state index in [1.165, 1.54) is 11.3 Å². The summed E-state index contributed by atoms with van der Waals surface area (Å²) in [7, 11) is 0. The predicted octanol–water partition coefficient (Wildman–Crippen LogP) is 0.185. The van der Waals surface area contributed by atoms with Crippen LogP contribution >= 0.6 is 11.3 Å². The number of hydrogen-bond acceptors (Lipinski definition) is 7. The average molecular weight is 212 g/mol. The summed E-state index contributed by atoms with van der Waals surface area (Å²) in [6.07, 6.45) is 1.64. The number of hydrogen-bond donors (Lipinski definition) is 2. The van der Waals surface area contributed by atoms with E-state index in [4.69, 9.17) is 15.4 Å². The maximum absolute atomic E-state index is 8.77. The minimum atomic E-state index is -0.621. The van der Waals surface area contributed by atoms with E-state index in [0.717, 1.165) is 4.88 Å². The zero-order valence-electron chi connectivity index (χ0n) is 7.12. The van der Waals surface area contributed by atoms with Crippen LogP contribution in [0.3, 0.4) is 0 Å². The van der Waals surface area contributed by atoms with Gasteiger partial charge in [0.2, 0.25) is 11.7 Å². The van der Waals surface area contributed by atoms with E-state index in [1.54, 1.807) is 11.7 Å². The molecule has 74 valence electrons. The van der Waals surface area contributed by atoms with Gasteiger partial charge in [-0.3, -0.25) is 4.98 Å². The maximum Gasteiger partial charge on any atom is 0.246 e. The lowest BCUT2D eigenvalue weighted by Crippen LogP contribution is -2.14. The van der Waals surface area contributed by atoms with Crippen molar-refractivity contribution in [1.82, 2.24) is 15.1 Å². The molecule has 7 heteroatoms. The van der Waals surface area contributed by atoms with Gasteiger partial charge in [0.1, 0.15) is 6.04 Å². The Kier molecular flexibility index (Phi) is 2.53. The second-order valence-electron chi connectivity index (χ2n) is 2.61. The molecule has 2 rings (SSSR count). The first-order valence-corrected chi connectivity index (χ1v) is 4.78. The fraction of sp³-hybridized carbons (Fsp3) is 0.286. The number of nitrogens with two attached hydrogens (primary N) is 1. The summed E-state index contributed by atoms with van der Waals surface area (Å²) < 4.78 is 4.87. The van der Waals surface area contributed by atoms with E-state index >= 15 is 0 Å². The lowest BCUT2D eigenvalue weighted by Gasteiger charge is -1.98.